The molecule has 3 nitrogen and oxygen atoms in total. The van der Waals surface area contributed by atoms with Gasteiger partial charge in [0.25, 0.3) is 0 Å². The molecule has 0 radical (unpaired) electrons. The lowest BCUT2D eigenvalue weighted by Crippen LogP contribution is -2.50. The van der Waals surface area contributed by atoms with Crippen molar-refractivity contribution in [1.29, 1.82) is 0 Å². The normalized spacial score (nSPS) is 37.1. The van der Waals surface area contributed by atoms with E-state index in [2.05, 4.69) is 13.8 Å². The number of rotatable bonds is 6. The van der Waals surface area contributed by atoms with Gasteiger partial charge in [-0.25, -0.2) is 4.39 Å². The summed E-state index contributed by atoms with van der Waals surface area (Å²) in [5.41, 5.74) is 1.15. The topological polar surface area (TPSA) is 29.5 Å². The molecule has 4 heteroatoms. The van der Waals surface area contributed by atoms with Crippen LogP contribution in [-0.2, 0) is 16.1 Å². The van der Waals surface area contributed by atoms with Crippen molar-refractivity contribution in [3.05, 3.63) is 35.6 Å². The maximum atomic E-state index is 13.6. The van der Waals surface area contributed by atoms with Crippen LogP contribution in [0.1, 0.15) is 91.0 Å². The molecule has 1 aromatic carbocycles. The summed E-state index contributed by atoms with van der Waals surface area (Å²) in [5, 5.41) is 0. The zero-order valence-corrected chi connectivity index (χ0v) is 23.5. The molecule has 1 aromatic rings. The van der Waals surface area contributed by atoms with E-state index in [0.29, 0.717) is 18.4 Å². The van der Waals surface area contributed by atoms with Crippen LogP contribution in [0.25, 0.3) is 0 Å². The van der Waals surface area contributed by atoms with Gasteiger partial charge in [-0.05, 0) is 123 Å². The van der Waals surface area contributed by atoms with Crippen molar-refractivity contribution in [2.45, 2.75) is 92.0 Å². The summed E-state index contributed by atoms with van der Waals surface area (Å²) in [6.45, 7) is 10.9. The highest BCUT2D eigenvalue weighted by Crippen LogP contribution is 2.64. The van der Waals surface area contributed by atoms with Crippen molar-refractivity contribution in [3.8, 4) is 0 Å². The highest BCUT2D eigenvalue weighted by atomic mass is 19.1. The van der Waals surface area contributed by atoms with Gasteiger partial charge in [0.2, 0.25) is 5.91 Å². The Morgan fingerprint density at radius 3 is 2.44 bits per heavy atom. The first-order valence-electron chi connectivity index (χ1n) is 15.0. The predicted molar refractivity (Wildman–Crippen MR) is 145 cm³/mol. The second-order valence-electron chi connectivity index (χ2n) is 12.3. The number of halogens is 1. The second-order valence-corrected chi connectivity index (χ2v) is 12.3. The second kappa shape index (κ2) is 12.0. The lowest BCUT2D eigenvalue weighted by molar-refractivity contribution is -0.142. The summed E-state index contributed by atoms with van der Waals surface area (Å²) in [5.74, 6) is 5.24. The van der Waals surface area contributed by atoms with Gasteiger partial charge >= 0.3 is 0 Å². The first-order chi connectivity index (χ1) is 17.4. The summed E-state index contributed by atoms with van der Waals surface area (Å²) in [6.07, 6.45) is 11.7. The van der Waals surface area contributed by atoms with E-state index < -0.39 is 0 Å². The zero-order chi connectivity index (χ0) is 25.9. The number of hydrogen-bond donors (Lipinski definition) is 0. The Labute approximate surface area is 219 Å². The standard InChI is InChI=1S/C30H44FNO2.C2H6/c1-4-34-19-21-7-11-24-22(17-21)8-12-26-25(24)15-16-30(2)27(26)13-14-28(30)29(33)32(3)18-20-5-9-23(31)10-6-20;1-2/h5-6,9-10,21-22,24-28H,4,7-8,11-19H2,1-3H3;1-2H3. The molecule has 0 spiro atoms. The van der Waals surface area contributed by atoms with Crippen molar-refractivity contribution < 1.29 is 13.9 Å². The van der Waals surface area contributed by atoms with Gasteiger partial charge in [-0.1, -0.05) is 32.9 Å². The van der Waals surface area contributed by atoms with Crippen molar-refractivity contribution in [3.63, 3.8) is 0 Å². The van der Waals surface area contributed by atoms with E-state index in [1.807, 2.05) is 25.8 Å². The molecule has 8 atom stereocenters. The fourth-order valence-corrected chi connectivity index (χ4v) is 9.00. The molecule has 0 aromatic heterocycles. The van der Waals surface area contributed by atoms with Crippen LogP contribution in [0.4, 0.5) is 4.39 Å². The minimum absolute atomic E-state index is 0.142. The number of amides is 1. The van der Waals surface area contributed by atoms with E-state index in [1.54, 1.807) is 12.1 Å². The molecular formula is C32H50FNO2. The van der Waals surface area contributed by atoms with Gasteiger partial charge in [0.05, 0.1) is 0 Å². The van der Waals surface area contributed by atoms with Crippen LogP contribution in [0.15, 0.2) is 24.3 Å². The summed E-state index contributed by atoms with van der Waals surface area (Å²) in [4.78, 5) is 15.5. The quantitative estimate of drug-likeness (QED) is 0.401. The average Bonchev–Trinajstić information content (AvgIpc) is 3.26. The minimum atomic E-state index is -0.224. The van der Waals surface area contributed by atoms with Crippen molar-refractivity contribution >= 4 is 5.91 Å². The number of ether oxygens (including phenoxy) is 1. The first-order valence-corrected chi connectivity index (χ1v) is 15.0. The number of fused-ring (bicyclic) bond motifs is 5. The van der Waals surface area contributed by atoms with E-state index in [-0.39, 0.29) is 17.2 Å². The van der Waals surface area contributed by atoms with Crippen LogP contribution in [0.2, 0.25) is 0 Å². The molecule has 4 aliphatic carbocycles. The molecule has 202 valence electrons. The van der Waals surface area contributed by atoms with Crippen LogP contribution in [0.3, 0.4) is 0 Å². The summed E-state index contributed by atoms with van der Waals surface area (Å²) < 4.78 is 19.1. The number of hydrogen-bond acceptors (Lipinski definition) is 2. The summed E-state index contributed by atoms with van der Waals surface area (Å²) in [7, 11) is 1.93. The van der Waals surface area contributed by atoms with Gasteiger partial charge < -0.3 is 9.64 Å². The third kappa shape index (κ3) is 5.40. The van der Waals surface area contributed by atoms with Crippen molar-refractivity contribution in [1.82, 2.24) is 4.90 Å². The van der Waals surface area contributed by atoms with E-state index >= 15 is 0 Å². The van der Waals surface area contributed by atoms with E-state index in [1.165, 1.54) is 63.5 Å². The smallest absolute Gasteiger partial charge is 0.226 e. The molecule has 4 saturated carbocycles. The van der Waals surface area contributed by atoms with Gasteiger partial charge in [0, 0.05) is 32.7 Å². The lowest BCUT2D eigenvalue weighted by Gasteiger charge is -2.56. The minimum Gasteiger partial charge on any atom is -0.381 e. The molecule has 4 fully saturated rings. The highest BCUT2D eigenvalue weighted by Gasteiger charge is 2.58. The maximum Gasteiger partial charge on any atom is 0.226 e. The highest BCUT2D eigenvalue weighted by molar-refractivity contribution is 5.80. The molecular weight excluding hydrogens is 449 g/mol. The average molecular weight is 500 g/mol. The number of carbonyl (C=O) groups is 1. The van der Waals surface area contributed by atoms with Crippen molar-refractivity contribution in [2.24, 2.45) is 46.8 Å². The molecule has 8 unspecified atom stereocenters. The monoisotopic (exact) mass is 499 g/mol. The van der Waals surface area contributed by atoms with Crippen molar-refractivity contribution in [2.75, 3.05) is 20.3 Å². The van der Waals surface area contributed by atoms with Crippen LogP contribution in [0.5, 0.6) is 0 Å². The SMILES string of the molecule is CC.CCOCC1CCC2C(CCC3C2CCC2(C)C(C(=O)N(C)Cc4ccc(F)cc4)CCC32)C1. The van der Waals surface area contributed by atoms with Gasteiger partial charge in [-0.3, -0.25) is 4.79 Å². The van der Waals surface area contributed by atoms with Gasteiger partial charge in [0.15, 0.2) is 0 Å². The third-order valence-electron chi connectivity index (χ3n) is 10.6. The Balaban J connectivity index is 0.00000148. The van der Waals surface area contributed by atoms with E-state index in [9.17, 15) is 9.18 Å². The molecule has 5 rings (SSSR count). The summed E-state index contributed by atoms with van der Waals surface area (Å²) in [6, 6.07) is 6.57. The molecule has 36 heavy (non-hydrogen) atoms. The first kappa shape index (κ1) is 27.6. The molecule has 0 bridgehead atoms. The van der Waals surface area contributed by atoms with Gasteiger partial charge in [-0.2, -0.15) is 0 Å². The number of nitrogens with zero attached hydrogens (tertiary/aromatic N) is 1. The largest absolute Gasteiger partial charge is 0.381 e. The molecule has 0 N–H and O–H groups in total. The zero-order valence-electron chi connectivity index (χ0n) is 23.5. The Morgan fingerprint density at radius 2 is 1.72 bits per heavy atom. The Morgan fingerprint density at radius 1 is 1.00 bits per heavy atom. The van der Waals surface area contributed by atoms with E-state index in [0.717, 1.165) is 54.8 Å². The Bertz CT molecular complexity index is 856. The number of benzene rings is 1. The van der Waals surface area contributed by atoms with Crippen LogP contribution >= 0.6 is 0 Å². The predicted octanol–water partition coefficient (Wildman–Crippen LogP) is 7.73. The summed E-state index contributed by atoms with van der Waals surface area (Å²) >= 11 is 0. The van der Waals surface area contributed by atoms with E-state index in [4.69, 9.17) is 4.74 Å². The molecule has 0 aliphatic heterocycles. The van der Waals surface area contributed by atoms with Gasteiger partial charge in [0.1, 0.15) is 5.82 Å². The van der Waals surface area contributed by atoms with Crippen LogP contribution in [0, 0.1) is 52.7 Å². The van der Waals surface area contributed by atoms with Crippen LogP contribution < -0.4 is 0 Å². The molecule has 0 heterocycles. The fourth-order valence-electron chi connectivity index (χ4n) is 9.00. The molecule has 4 aliphatic rings. The van der Waals surface area contributed by atoms with Gasteiger partial charge in [-0.15, -0.1) is 0 Å². The molecule has 1 amide bonds. The van der Waals surface area contributed by atoms with Crippen LogP contribution in [-0.4, -0.2) is 31.1 Å². The lowest BCUT2D eigenvalue weighted by atomic mass is 9.49. The molecule has 0 saturated heterocycles. The third-order valence-corrected chi connectivity index (χ3v) is 10.6. The number of carbonyl (C=O) groups excluding carboxylic acids is 1. The Hall–Kier alpha value is -1.42. The maximum absolute atomic E-state index is 13.6. The Kier molecular flexibility index (Phi) is 9.18. The fraction of sp³-hybridized carbons (Fsp3) is 0.781.